The van der Waals surface area contributed by atoms with E-state index >= 15 is 0 Å². The number of rotatable bonds is 4. The van der Waals surface area contributed by atoms with Gasteiger partial charge in [0.15, 0.2) is 6.04 Å². The average Bonchev–Trinajstić information content (AvgIpc) is 2.37. The molecule has 0 unspecified atom stereocenters. The fraction of sp³-hybridized carbons (Fsp3) is 0.250. The van der Waals surface area contributed by atoms with E-state index in [0.29, 0.717) is 5.56 Å². The van der Waals surface area contributed by atoms with Gasteiger partial charge >= 0.3 is 5.97 Å². The summed E-state index contributed by atoms with van der Waals surface area (Å²) in [7, 11) is 1.22. The number of carbonyl (C=O) groups is 1. The molecule has 0 aliphatic carbocycles. The Morgan fingerprint density at radius 1 is 1.59 bits per heavy atom. The lowest BCUT2D eigenvalue weighted by Gasteiger charge is -2.08. The minimum Gasteiger partial charge on any atom is -0.467 e. The van der Waals surface area contributed by atoms with Gasteiger partial charge in [-0.25, -0.2) is 9.59 Å². The summed E-state index contributed by atoms with van der Waals surface area (Å²) in [6.45, 7) is 0. The lowest BCUT2D eigenvalue weighted by atomic mass is 10.0. The second-order valence-corrected chi connectivity index (χ2v) is 3.28. The minimum absolute atomic E-state index is 0.206. The van der Waals surface area contributed by atoms with E-state index in [1.807, 2.05) is 6.07 Å². The van der Waals surface area contributed by atoms with Crippen molar-refractivity contribution in [3.8, 4) is 6.07 Å². The van der Waals surface area contributed by atoms with Gasteiger partial charge in [0.2, 0.25) is 6.08 Å². The third-order valence-electron chi connectivity index (χ3n) is 2.17. The molecule has 0 saturated carbocycles. The molecule has 86 valence electrons. The molecule has 0 aliphatic rings. The van der Waals surface area contributed by atoms with Crippen molar-refractivity contribution in [1.29, 1.82) is 5.26 Å². The highest BCUT2D eigenvalue weighted by molar-refractivity contribution is 5.77. The van der Waals surface area contributed by atoms with Gasteiger partial charge in [0.05, 0.1) is 18.7 Å². The molecule has 0 aliphatic heterocycles. The second kappa shape index (κ2) is 6.21. The maximum atomic E-state index is 11.3. The van der Waals surface area contributed by atoms with Crippen LogP contribution in [0.3, 0.4) is 0 Å². The zero-order valence-electron chi connectivity index (χ0n) is 9.21. The van der Waals surface area contributed by atoms with Crippen molar-refractivity contribution in [3.05, 3.63) is 35.4 Å². The highest BCUT2D eigenvalue weighted by atomic mass is 16.5. The molecule has 1 aromatic carbocycles. The Labute approximate surface area is 98.3 Å². The predicted octanol–water partition coefficient (Wildman–Crippen LogP) is 0.978. The molecule has 0 bridgehead atoms. The summed E-state index contributed by atoms with van der Waals surface area (Å²) in [6, 6.07) is 7.82. The molecule has 1 aromatic rings. The summed E-state index contributed by atoms with van der Waals surface area (Å²) in [4.78, 5) is 24.9. The van der Waals surface area contributed by atoms with E-state index < -0.39 is 12.0 Å². The second-order valence-electron chi connectivity index (χ2n) is 3.28. The zero-order chi connectivity index (χ0) is 12.7. The van der Waals surface area contributed by atoms with Crippen molar-refractivity contribution < 1.29 is 14.3 Å². The summed E-state index contributed by atoms with van der Waals surface area (Å²) in [5.41, 5.74) is 1.22. The molecule has 5 nitrogen and oxygen atoms in total. The maximum absolute atomic E-state index is 11.3. The average molecular weight is 230 g/mol. The van der Waals surface area contributed by atoms with E-state index in [1.165, 1.54) is 13.2 Å². The van der Waals surface area contributed by atoms with Gasteiger partial charge in [-0.2, -0.15) is 10.3 Å². The molecule has 0 spiro atoms. The Morgan fingerprint density at radius 2 is 2.35 bits per heavy atom. The first-order valence-corrected chi connectivity index (χ1v) is 4.85. The van der Waals surface area contributed by atoms with E-state index in [1.54, 1.807) is 24.3 Å². The third kappa shape index (κ3) is 3.56. The summed E-state index contributed by atoms with van der Waals surface area (Å²) in [6.07, 6.45) is 1.55. The Bertz CT molecular complexity index is 499. The number of carbonyl (C=O) groups excluding carboxylic acids is 2. The summed E-state index contributed by atoms with van der Waals surface area (Å²) in [5.74, 6) is -0.601. The minimum atomic E-state index is -0.911. The Hall–Kier alpha value is -2.44. The standard InChI is InChI=1S/C12H10N2O3/c1-17-12(16)11(14-8-15)6-9-3-2-4-10(5-9)7-13/h2-5,11H,6H2,1H3/t11-/m1/s1. The molecule has 0 N–H and O–H groups in total. The van der Waals surface area contributed by atoms with E-state index in [-0.39, 0.29) is 6.42 Å². The highest BCUT2D eigenvalue weighted by Crippen LogP contribution is 2.09. The molecular weight excluding hydrogens is 220 g/mol. The van der Waals surface area contributed by atoms with Crippen molar-refractivity contribution in [2.45, 2.75) is 12.5 Å². The molecule has 0 heterocycles. The van der Waals surface area contributed by atoms with Crippen LogP contribution in [-0.4, -0.2) is 25.2 Å². The number of ether oxygens (including phenoxy) is 1. The Kier molecular flexibility index (Phi) is 4.61. The van der Waals surface area contributed by atoms with Gasteiger partial charge in [0.1, 0.15) is 0 Å². The van der Waals surface area contributed by atoms with Crippen LogP contribution in [0.4, 0.5) is 0 Å². The van der Waals surface area contributed by atoms with Gasteiger partial charge in [-0.15, -0.1) is 0 Å². The fourth-order valence-corrected chi connectivity index (χ4v) is 1.37. The van der Waals surface area contributed by atoms with Gasteiger partial charge in [-0.1, -0.05) is 12.1 Å². The maximum Gasteiger partial charge on any atom is 0.331 e. The van der Waals surface area contributed by atoms with E-state index in [2.05, 4.69) is 9.73 Å². The first-order chi connectivity index (χ1) is 8.21. The summed E-state index contributed by atoms with van der Waals surface area (Å²) < 4.78 is 4.52. The molecule has 1 rings (SSSR count). The number of esters is 1. The highest BCUT2D eigenvalue weighted by Gasteiger charge is 2.18. The number of hydrogen-bond acceptors (Lipinski definition) is 5. The molecule has 0 radical (unpaired) electrons. The number of methoxy groups -OCH3 is 1. The smallest absolute Gasteiger partial charge is 0.331 e. The summed E-state index contributed by atoms with van der Waals surface area (Å²) in [5, 5.41) is 8.73. The Balaban J connectivity index is 2.90. The van der Waals surface area contributed by atoms with Crippen LogP contribution in [0.1, 0.15) is 11.1 Å². The molecular formula is C12H10N2O3. The normalized spacial score (nSPS) is 10.8. The lowest BCUT2D eigenvalue weighted by Crippen LogP contribution is -2.22. The van der Waals surface area contributed by atoms with Gasteiger partial charge < -0.3 is 4.74 Å². The summed E-state index contributed by atoms with van der Waals surface area (Å²) >= 11 is 0. The van der Waals surface area contributed by atoms with E-state index in [4.69, 9.17) is 5.26 Å². The molecule has 1 atom stereocenters. The molecule has 17 heavy (non-hydrogen) atoms. The van der Waals surface area contributed by atoms with Gasteiger partial charge in [0.25, 0.3) is 0 Å². The van der Waals surface area contributed by atoms with Crippen LogP contribution >= 0.6 is 0 Å². The number of hydrogen-bond donors (Lipinski definition) is 0. The molecule has 5 heteroatoms. The monoisotopic (exact) mass is 230 g/mol. The largest absolute Gasteiger partial charge is 0.467 e. The molecule has 0 amide bonds. The zero-order valence-corrected chi connectivity index (χ0v) is 9.21. The quantitative estimate of drug-likeness (QED) is 0.438. The number of benzene rings is 1. The van der Waals surface area contributed by atoms with Crippen molar-refractivity contribution in [1.82, 2.24) is 0 Å². The lowest BCUT2D eigenvalue weighted by molar-refractivity contribution is -0.142. The topological polar surface area (TPSA) is 79.5 Å². The van der Waals surface area contributed by atoms with Crippen LogP contribution < -0.4 is 0 Å². The van der Waals surface area contributed by atoms with Crippen LogP contribution in [-0.2, 0) is 20.7 Å². The van der Waals surface area contributed by atoms with Gasteiger partial charge in [-0.05, 0) is 17.7 Å². The number of nitriles is 1. The molecule has 0 saturated heterocycles. The first kappa shape index (κ1) is 12.6. The van der Waals surface area contributed by atoms with E-state index in [9.17, 15) is 9.59 Å². The van der Waals surface area contributed by atoms with Crippen LogP contribution in [0.2, 0.25) is 0 Å². The van der Waals surface area contributed by atoms with Crippen molar-refractivity contribution in [3.63, 3.8) is 0 Å². The van der Waals surface area contributed by atoms with Crippen molar-refractivity contribution in [2.24, 2.45) is 4.99 Å². The number of isocyanates is 1. The van der Waals surface area contributed by atoms with Crippen molar-refractivity contribution >= 4 is 12.0 Å². The van der Waals surface area contributed by atoms with Crippen LogP contribution in [0, 0.1) is 11.3 Å². The predicted molar refractivity (Wildman–Crippen MR) is 58.8 cm³/mol. The van der Waals surface area contributed by atoms with E-state index in [0.717, 1.165) is 5.56 Å². The van der Waals surface area contributed by atoms with Crippen molar-refractivity contribution in [2.75, 3.05) is 7.11 Å². The Morgan fingerprint density at radius 3 is 2.94 bits per heavy atom. The number of aliphatic imine (C=N–C) groups is 1. The molecule has 0 aromatic heterocycles. The number of nitrogens with zero attached hydrogens (tertiary/aromatic N) is 2. The van der Waals surface area contributed by atoms with Crippen LogP contribution in [0.5, 0.6) is 0 Å². The fourth-order valence-electron chi connectivity index (χ4n) is 1.37. The third-order valence-corrected chi connectivity index (χ3v) is 2.17. The molecule has 0 fully saturated rings. The van der Waals surface area contributed by atoms with Crippen LogP contribution in [0.15, 0.2) is 29.3 Å². The van der Waals surface area contributed by atoms with Gasteiger partial charge in [-0.3, -0.25) is 0 Å². The SMILES string of the molecule is COC(=O)[C@@H](Cc1cccc(C#N)c1)N=C=O. The van der Waals surface area contributed by atoms with Crippen LogP contribution in [0.25, 0.3) is 0 Å². The first-order valence-electron chi connectivity index (χ1n) is 4.85. The van der Waals surface area contributed by atoms with Gasteiger partial charge in [0, 0.05) is 6.42 Å².